The van der Waals surface area contributed by atoms with Crippen molar-refractivity contribution in [2.75, 3.05) is 6.54 Å². The Balaban J connectivity index is 1.80. The highest BCUT2D eigenvalue weighted by Gasteiger charge is 2.36. The molecular weight excluding hydrogens is 403 g/mol. The van der Waals surface area contributed by atoms with Crippen LogP contribution < -0.4 is 4.72 Å². The quantitative estimate of drug-likeness (QED) is 0.616. The van der Waals surface area contributed by atoms with Crippen molar-refractivity contribution in [3.8, 4) is 0 Å². The number of aromatic nitrogens is 2. The SMILES string of the molecule is CC(C)Cn1cc(CCNS(=O)(=O)c2ccccc2C(F)(F)F)c2cccnc21. The summed E-state index contributed by atoms with van der Waals surface area (Å²) in [6, 6.07) is 7.87. The molecule has 1 aromatic carbocycles. The van der Waals surface area contributed by atoms with Crippen LogP contribution in [0.3, 0.4) is 0 Å². The molecule has 0 bridgehead atoms. The summed E-state index contributed by atoms with van der Waals surface area (Å²) in [5, 5.41) is 0.906. The molecule has 9 heteroatoms. The minimum atomic E-state index is -4.75. The lowest BCUT2D eigenvalue weighted by Gasteiger charge is -2.13. The van der Waals surface area contributed by atoms with E-state index < -0.39 is 26.7 Å². The van der Waals surface area contributed by atoms with Crippen molar-refractivity contribution >= 4 is 21.1 Å². The molecule has 0 saturated carbocycles. The van der Waals surface area contributed by atoms with Gasteiger partial charge < -0.3 is 4.57 Å². The molecule has 3 aromatic rings. The Kier molecular flexibility index (Phi) is 6.00. The Labute approximate surface area is 167 Å². The van der Waals surface area contributed by atoms with Gasteiger partial charge in [-0.25, -0.2) is 18.1 Å². The smallest absolute Gasteiger partial charge is 0.332 e. The predicted octanol–water partition coefficient (Wildman–Crippen LogP) is 4.23. The molecule has 0 fully saturated rings. The summed E-state index contributed by atoms with van der Waals surface area (Å²) in [7, 11) is -4.30. The topological polar surface area (TPSA) is 64.0 Å². The van der Waals surface area contributed by atoms with Crippen LogP contribution in [0.4, 0.5) is 13.2 Å². The summed E-state index contributed by atoms with van der Waals surface area (Å²) < 4.78 is 68.7. The van der Waals surface area contributed by atoms with Gasteiger partial charge in [0.2, 0.25) is 10.0 Å². The van der Waals surface area contributed by atoms with E-state index in [-0.39, 0.29) is 6.54 Å². The molecule has 29 heavy (non-hydrogen) atoms. The van der Waals surface area contributed by atoms with E-state index in [1.165, 1.54) is 12.1 Å². The maximum absolute atomic E-state index is 13.1. The molecule has 0 unspecified atom stereocenters. The van der Waals surface area contributed by atoms with E-state index in [4.69, 9.17) is 0 Å². The molecule has 0 atom stereocenters. The highest BCUT2D eigenvalue weighted by Crippen LogP contribution is 2.33. The first-order valence-corrected chi connectivity index (χ1v) is 10.7. The number of sulfonamides is 1. The van der Waals surface area contributed by atoms with Gasteiger partial charge in [0.05, 0.1) is 10.5 Å². The van der Waals surface area contributed by atoms with E-state index in [1.54, 1.807) is 12.3 Å². The average molecular weight is 425 g/mol. The molecule has 2 heterocycles. The van der Waals surface area contributed by atoms with Crippen molar-refractivity contribution in [2.24, 2.45) is 5.92 Å². The lowest BCUT2D eigenvalue weighted by atomic mass is 10.2. The molecule has 3 rings (SSSR count). The lowest BCUT2D eigenvalue weighted by molar-refractivity contribution is -0.139. The van der Waals surface area contributed by atoms with Crippen LogP contribution in [0.5, 0.6) is 0 Å². The van der Waals surface area contributed by atoms with E-state index in [1.807, 2.05) is 16.8 Å². The molecule has 1 N–H and O–H groups in total. The fourth-order valence-corrected chi connectivity index (χ4v) is 4.52. The highest BCUT2D eigenvalue weighted by atomic mass is 32.2. The summed E-state index contributed by atoms with van der Waals surface area (Å²) in [5.74, 6) is 0.401. The van der Waals surface area contributed by atoms with Gasteiger partial charge in [0.1, 0.15) is 5.65 Å². The highest BCUT2D eigenvalue weighted by molar-refractivity contribution is 7.89. The summed E-state index contributed by atoms with van der Waals surface area (Å²) in [4.78, 5) is 3.63. The molecule has 0 radical (unpaired) electrons. The Hall–Kier alpha value is -2.39. The van der Waals surface area contributed by atoms with Crippen molar-refractivity contribution in [1.29, 1.82) is 0 Å². The third-order valence-corrected chi connectivity index (χ3v) is 5.97. The van der Waals surface area contributed by atoms with Gasteiger partial charge in [-0.3, -0.25) is 0 Å². The van der Waals surface area contributed by atoms with E-state index in [9.17, 15) is 21.6 Å². The van der Waals surface area contributed by atoms with Gasteiger partial charge >= 0.3 is 6.18 Å². The summed E-state index contributed by atoms with van der Waals surface area (Å²) in [5.41, 5.74) is 0.521. The van der Waals surface area contributed by atoms with Crippen molar-refractivity contribution in [3.05, 3.63) is 59.9 Å². The lowest BCUT2D eigenvalue weighted by Crippen LogP contribution is -2.28. The fraction of sp³-hybridized carbons (Fsp3) is 0.350. The van der Waals surface area contributed by atoms with Crippen molar-refractivity contribution in [2.45, 2.75) is 37.9 Å². The van der Waals surface area contributed by atoms with Crippen LogP contribution in [0.15, 0.2) is 53.7 Å². The van der Waals surface area contributed by atoms with Crippen LogP contribution in [0.2, 0.25) is 0 Å². The first-order valence-electron chi connectivity index (χ1n) is 9.18. The normalized spacial score (nSPS) is 12.8. The van der Waals surface area contributed by atoms with Gasteiger partial charge in [0, 0.05) is 30.9 Å². The van der Waals surface area contributed by atoms with Crippen LogP contribution in [-0.2, 0) is 29.2 Å². The molecule has 0 amide bonds. The molecule has 0 aliphatic heterocycles. The zero-order valence-electron chi connectivity index (χ0n) is 16.1. The van der Waals surface area contributed by atoms with Gasteiger partial charge in [0.15, 0.2) is 0 Å². The third-order valence-electron chi connectivity index (χ3n) is 4.45. The Bertz CT molecular complexity index is 1110. The van der Waals surface area contributed by atoms with Crippen LogP contribution >= 0.6 is 0 Å². The molecule has 0 aliphatic rings. The first-order chi connectivity index (χ1) is 13.6. The second-order valence-electron chi connectivity index (χ2n) is 7.22. The average Bonchev–Trinajstić information content (AvgIpc) is 2.98. The first kappa shape index (κ1) is 21.3. The standard InChI is InChI=1S/C20H22F3N3O2S/c1-14(2)12-26-13-15(16-6-5-10-24-19(16)26)9-11-25-29(27,28)18-8-4-3-7-17(18)20(21,22)23/h3-8,10,13-14,25H,9,11-12H2,1-2H3. The Morgan fingerprint density at radius 1 is 1.14 bits per heavy atom. The molecule has 156 valence electrons. The fourth-order valence-electron chi connectivity index (χ4n) is 3.26. The van der Waals surface area contributed by atoms with E-state index >= 15 is 0 Å². The van der Waals surface area contributed by atoms with E-state index in [0.717, 1.165) is 35.3 Å². The van der Waals surface area contributed by atoms with Gasteiger partial charge in [-0.05, 0) is 42.2 Å². The second kappa shape index (κ2) is 8.16. The van der Waals surface area contributed by atoms with Crippen LogP contribution in [0, 0.1) is 5.92 Å². The van der Waals surface area contributed by atoms with Crippen LogP contribution in [-0.4, -0.2) is 24.5 Å². The number of fused-ring (bicyclic) bond motifs is 1. The zero-order chi connectivity index (χ0) is 21.2. The molecule has 5 nitrogen and oxygen atoms in total. The number of nitrogens with zero attached hydrogens (tertiary/aromatic N) is 2. The molecule has 0 spiro atoms. The third kappa shape index (κ3) is 4.79. The van der Waals surface area contributed by atoms with Gasteiger partial charge in [-0.15, -0.1) is 0 Å². The number of alkyl halides is 3. The number of benzene rings is 1. The van der Waals surface area contributed by atoms with Crippen molar-refractivity contribution < 1.29 is 21.6 Å². The number of hydrogen-bond donors (Lipinski definition) is 1. The molecule has 0 saturated heterocycles. The van der Waals surface area contributed by atoms with Crippen molar-refractivity contribution in [1.82, 2.24) is 14.3 Å². The minimum Gasteiger partial charge on any atom is -0.332 e. The van der Waals surface area contributed by atoms with Crippen LogP contribution in [0.1, 0.15) is 25.0 Å². The molecular formula is C20H22F3N3O2S. The second-order valence-corrected chi connectivity index (χ2v) is 8.95. The zero-order valence-corrected chi connectivity index (χ0v) is 16.9. The van der Waals surface area contributed by atoms with Gasteiger partial charge in [-0.1, -0.05) is 26.0 Å². The number of hydrogen-bond acceptors (Lipinski definition) is 3. The summed E-state index contributed by atoms with van der Waals surface area (Å²) in [6.45, 7) is 4.91. The molecule has 0 aliphatic carbocycles. The summed E-state index contributed by atoms with van der Waals surface area (Å²) in [6.07, 6.45) is -0.794. The van der Waals surface area contributed by atoms with Gasteiger partial charge in [-0.2, -0.15) is 13.2 Å². The minimum absolute atomic E-state index is 0.0236. The number of halogens is 3. The number of rotatable bonds is 7. The van der Waals surface area contributed by atoms with Crippen molar-refractivity contribution in [3.63, 3.8) is 0 Å². The van der Waals surface area contributed by atoms with E-state index in [0.29, 0.717) is 12.3 Å². The Morgan fingerprint density at radius 3 is 2.55 bits per heavy atom. The van der Waals surface area contributed by atoms with E-state index in [2.05, 4.69) is 23.6 Å². The summed E-state index contributed by atoms with van der Waals surface area (Å²) >= 11 is 0. The maximum Gasteiger partial charge on any atom is 0.417 e. The number of pyridine rings is 1. The largest absolute Gasteiger partial charge is 0.417 e. The van der Waals surface area contributed by atoms with Crippen LogP contribution in [0.25, 0.3) is 11.0 Å². The number of nitrogens with one attached hydrogen (secondary N) is 1. The Morgan fingerprint density at radius 2 is 1.86 bits per heavy atom. The van der Waals surface area contributed by atoms with Gasteiger partial charge in [0.25, 0.3) is 0 Å². The molecule has 2 aromatic heterocycles. The maximum atomic E-state index is 13.1. The predicted molar refractivity (Wildman–Crippen MR) is 105 cm³/mol. The monoisotopic (exact) mass is 425 g/mol.